The van der Waals surface area contributed by atoms with Gasteiger partial charge in [-0.25, -0.2) is 0 Å². The molecule has 0 aliphatic carbocycles. The van der Waals surface area contributed by atoms with Gasteiger partial charge in [0.15, 0.2) is 0 Å². The van der Waals surface area contributed by atoms with Crippen molar-refractivity contribution in [3.8, 4) is 0 Å². The zero-order valence-corrected chi connectivity index (χ0v) is 17.2. The maximum Gasteiger partial charge on any atom is -0.00773 e. The van der Waals surface area contributed by atoms with Gasteiger partial charge in [-0.05, 0) is 25.1 Å². The summed E-state index contributed by atoms with van der Waals surface area (Å²) in [6, 6.07) is 0. The van der Waals surface area contributed by atoms with Gasteiger partial charge < -0.3 is 5.73 Å². The first kappa shape index (κ1) is 27.4. The van der Waals surface area contributed by atoms with Crippen LogP contribution in [0.4, 0.5) is 0 Å². The first-order valence-corrected chi connectivity index (χ1v) is 10.3. The fraction of sp³-hybridized carbons (Fsp3) is 1.00. The van der Waals surface area contributed by atoms with Gasteiger partial charge in [0.25, 0.3) is 0 Å². The van der Waals surface area contributed by atoms with E-state index in [0.717, 1.165) is 12.3 Å². The van der Waals surface area contributed by atoms with Gasteiger partial charge in [0, 0.05) is 0 Å². The highest BCUT2D eigenvalue weighted by molar-refractivity contribution is 7.80. The van der Waals surface area contributed by atoms with Gasteiger partial charge in [-0.1, -0.05) is 97.3 Å². The Kier molecular flexibility index (Phi) is 36.9. The highest BCUT2D eigenvalue weighted by Gasteiger charge is 1.90. The summed E-state index contributed by atoms with van der Waals surface area (Å²) < 4.78 is 0. The molecule has 0 spiro atoms. The maximum absolute atomic E-state index is 5.41. The molecule has 0 aromatic heterocycles. The van der Waals surface area contributed by atoms with Gasteiger partial charge in [0.2, 0.25) is 0 Å². The molecule has 0 unspecified atom stereocenters. The third-order valence-electron chi connectivity index (χ3n) is 3.82. The van der Waals surface area contributed by atoms with Gasteiger partial charge >= 0.3 is 0 Å². The summed E-state index contributed by atoms with van der Waals surface area (Å²) >= 11 is 4.15. The Labute approximate surface area is 153 Å². The molecule has 0 heterocycles. The van der Waals surface area contributed by atoms with Crippen molar-refractivity contribution < 1.29 is 0 Å². The molecule has 0 rings (SSSR count). The van der Waals surface area contributed by atoms with E-state index in [1.807, 2.05) is 0 Å². The maximum atomic E-state index is 5.41. The first-order chi connectivity index (χ1) is 10.3. The molecular weight excluding hydrogens is 310 g/mol. The second kappa shape index (κ2) is 29.6. The Morgan fingerprint density at radius 3 is 1.18 bits per heavy atom. The van der Waals surface area contributed by atoms with Crippen LogP contribution in [-0.4, -0.2) is 12.3 Å². The summed E-state index contributed by atoms with van der Waals surface area (Å²) in [4.78, 5) is 0. The van der Waals surface area contributed by atoms with E-state index in [0.29, 0.717) is 0 Å². The number of hydrogen-bond acceptors (Lipinski definition) is 2. The topological polar surface area (TPSA) is 26.0 Å². The van der Waals surface area contributed by atoms with Crippen molar-refractivity contribution in [1.29, 1.82) is 0 Å². The quantitative estimate of drug-likeness (QED) is 0.237. The third kappa shape index (κ3) is 32.5. The molecule has 0 amide bonds. The van der Waals surface area contributed by atoms with Gasteiger partial charge in [0.05, 0.1) is 0 Å². The monoisotopic (exact) mass is 353 g/mol. The van der Waals surface area contributed by atoms with Crippen molar-refractivity contribution in [2.45, 2.75) is 110 Å². The largest absolute Gasteiger partial charge is 0.330 e. The number of halogens is 1. The van der Waals surface area contributed by atoms with Gasteiger partial charge in [0.1, 0.15) is 0 Å². The predicted octanol–water partition coefficient (Wildman–Crippen LogP) is 7.17. The molecule has 22 heavy (non-hydrogen) atoms. The van der Waals surface area contributed by atoms with E-state index >= 15 is 0 Å². The third-order valence-corrected chi connectivity index (χ3v) is 4.14. The van der Waals surface area contributed by atoms with Gasteiger partial charge in [-0.3, -0.25) is 0 Å². The fourth-order valence-corrected chi connectivity index (χ4v) is 2.57. The van der Waals surface area contributed by atoms with E-state index in [9.17, 15) is 0 Å². The molecule has 0 aromatic rings. The SMILES string of the molecule is CCCCCCCCCCCN.CCCCCCCCS.Cl. The van der Waals surface area contributed by atoms with Crippen molar-refractivity contribution in [1.82, 2.24) is 0 Å². The number of rotatable bonds is 15. The van der Waals surface area contributed by atoms with Crippen molar-refractivity contribution in [3.05, 3.63) is 0 Å². The van der Waals surface area contributed by atoms with Crippen LogP contribution in [0.15, 0.2) is 0 Å². The normalized spacial score (nSPS) is 9.82. The van der Waals surface area contributed by atoms with E-state index in [1.54, 1.807) is 0 Å². The molecule has 3 heteroatoms. The van der Waals surface area contributed by atoms with Crippen molar-refractivity contribution in [3.63, 3.8) is 0 Å². The van der Waals surface area contributed by atoms with Crippen LogP contribution in [0.1, 0.15) is 110 Å². The number of unbranched alkanes of at least 4 members (excludes halogenated alkanes) is 13. The summed E-state index contributed by atoms with van der Waals surface area (Å²) in [6.07, 6.45) is 20.7. The number of hydrogen-bond donors (Lipinski definition) is 2. The summed E-state index contributed by atoms with van der Waals surface area (Å²) in [5, 5.41) is 0. The van der Waals surface area contributed by atoms with Crippen LogP contribution < -0.4 is 5.73 Å². The smallest absolute Gasteiger partial charge is 0.00773 e. The molecule has 0 fully saturated rings. The van der Waals surface area contributed by atoms with Crippen LogP contribution in [0.5, 0.6) is 0 Å². The summed E-state index contributed by atoms with van der Waals surface area (Å²) in [5.74, 6) is 1.06. The molecule has 0 aromatic carbocycles. The summed E-state index contributed by atoms with van der Waals surface area (Å²) in [7, 11) is 0. The Morgan fingerprint density at radius 1 is 0.545 bits per heavy atom. The highest BCUT2D eigenvalue weighted by Crippen LogP contribution is 2.08. The average molecular weight is 354 g/mol. The lowest BCUT2D eigenvalue weighted by atomic mass is 10.1. The highest BCUT2D eigenvalue weighted by atomic mass is 35.5. The predicted molar refractivity (Wildman–Crippen MR) is 111 cm³/mol. The second-order valence-electron chi connectivity index (χ2n) is 6.11. The van der Waals surface area contributed by atoms with Crippen LogP contribution in [0.2, 0.25) is 0 Å². The average Bonchev–Trinajstić information content (AvgIpc) is 2.51. The zero-order chi connectivity index (χ0) is 16.0. The molecule has 0 saturated carbocycles. The second-order valence-corrected chi connectivity index (χ2v) is 6.56. The lowest BCUT2D eigenvalue weighted by Gasteiger charge is -1.99. The first-order valence-electron chi connectivity index (χ1n) is 9.64. The molecule has 0 saturated heterocycles. The van der Waals surface area contributed by atoms with Gasteiger partial charge in [-0.15, -0.1) is 12.4 Å². The van der Waals surface area contributed by atoms with Gasteiger partial charge in [-0.2, -0.15) is 12.6 Å². The van der Waals surface area contributed by atoms with E-state index in [4.69, 9.17) is 5.73 Å². The van der Waals surface area contributed by atoms with Crippen LogP contribution in [-0.2, 0) is 0 Å². The minimum atomic E-state index is 0. The lowest BCUT2D eigenvalue weighted by Crippen LogP contribution is -1.97. The van der Waals surface area contributed by atoms with E-state index in [-0.39, 0.29) is 12.4 Å². The number of nitrogens with two attached hydrogens (primary N) is 1. The Bertz CT molecular complexity index is 140. The van der Waals surface area contributed by atoms with Crippen molar-refractivity contribution in [2.24, 2.45) is 5.73 Å². The molecule has 0 bridgehead atoms. The molecule has 0 atom stereocenters. The Hall–Kier alpha value is 0.600. The fourth-order valence-electron chi connectivity index (χ4n) is 2.35. The van der Waals surface area contributed by atoms with Crippen LogP contribution in [0, 0.1) is 0 Å². The number of thiol groups is 1. The van der Waals surface area contributed by atoms with E-state index in [2.05, 4.69) is 26.5 Å². The standard InChI is InChI=1S/C11H25N.C8H18S.ClH/c1-2-3-4-5-6-7-8-9-10-11-12;1-2-3-4-5-6-7-8-9;/h2-12H2,1H3;9H,2-8H2,1H3;1H. The molecule has 0 aliphatic rings. The molecule has 138 valence electrons. The lowest BCUT2D eigenvalue weighted by molar-refractivity contribution is 0.567. The van der Waals surface area contributed by atoms with Crippen molar-refractivity contribution in [2.75, 3.05) is 12.3 Å². The van der Waals surface area contributed by atoms with E-state index < -0.39 is 0 Å². The van der Waals surface area contributed by atoms with E-state index in [1.165, 1.54) is 96.3 Å². The zero-order valence-electron chi connectivity index (χ0n) is 15.5. The summed E-state index contributed by atoms with van der Waals surface area (Å²) in [6.45, 7) is 5.38. The molecule has 0 radical (unpaired) electrons. The summed E-state index contributed by atoms with van der Waals surface area (Å²) in [5.41, 5.74) is 5.41. The van der Waals surface area contributed by atoms with Crippen LogP contribution in [0.25, 0.3) is 0 Å². The Balaban J connectivity index is -0.000000326. The minimum Gasteiger partial charge on any atom is -0.330 e. The minimum absolute atomic E-state index is 0. The molecular formula is C19H44ClNS. The molecule has 1 nitrogen and oxygen atoms in total. The Morgan fingerprint density at radius 2 is 0.864 bits per heavy atom. The van der Waals surface area contributed by atoms with Crippen LogP contribution >= 0.6 is 25.0 Å². The van der Waals surface area contributed by atoms with Crippen molar-refractivity contribution >= 4 is 25.0 Å². The molecule has 2 N–H and O–H groups in total. The molecule has 0 aliphatic heterocycles. The van der Waals surface area contributed by atoms with Crippen LogP contribution in [0.3, 0.4) is 0 Å².